The Balaban J connectivity index is 2.10. The molecular weight excluding hydrogens is 376 g/mol. The molecule has 156 valence electrons. The number of methoxy groups -OCH3 is 1. The van der Waals surface area contributed by atoms with Crippen molar-refractivity contribution in [3.8, 4) is 0 Å². The lowest BCUT2D eigenvalue weighted by Crippen LogP contribution is -2.35. The molecule has 0 saturated heterocycles. The molecule has 1 atom stereocenters. The minimum Gasteiger partial charge on any atom is -0.466 e. The largest absolute Gasteiger partial charge is 0.466 e. The Labute approximate surface area is 180 Å². The van der Waals surface area contributed by atoms with Gasteiger partial charge in [0, 0.05) is 6.08 Å². The summed E-state index contributed by atoms with van der Waals surface area (Å²) in [5.41, 5.74) is 7.06. The van der Waals surface area contributed by atoms with E-state index in [4.69, 9.17) is 4.74 Å². The third-order valence-corrected chi connectivity index (χ3v) is 7.88. The summed E-state index contributed by atoms with van der Waals surface area (Å²) in [6.45, 7) is 13.7. The zero-order chi connectivity index (χ0) is 21.4. The molecule has 3 rings (SSSR count). The van der Waals surface area contributed by atoms with Crippen LogP contribution in [0.5, 0.6) is 0 Å². The van der Waals surface area contributed by atoms with E-state index in [9.17, 15) is 4.79 Å². The van der Waals surface area contributed by atoms with Gasteiger partial charge in [0.2, 0.25) is 0 Å². The van der Waals surface area contributed by atoms with Gasteiger partial charge < -0.3 is 4.74 Å². The molecular formula is C26H34O2S. The normalized spacial score (nSPS) is 25.3. The number of ether oxygens (including phenoxy) is 1. The summed E-state index contributed by atoms with van der Waals surface area (Å²) in [4.78, 5) is 11.6. The van der Waals surface area contributed by atoms with Crippen molar-refractivity contribution in [2.75, 3.05) is 7.11 Å². The molecule has 29 heavy (non-hydrogen) atoms. The average Bonchev–Trinajstić information content (AvgIpc) is 3.13. The standard InChI is InChI=1S/C26H34O2S/c1-18(15-23(27)28-7)9-11-26(10-8-14-29-26)20-17-22-21(16-19(20)2)24(3,4)12-13-25(22,5)6/h8-9,11,14-17H,10,12-13H2,1-7H3. The van der Waals surface area contributed by atoms with Crippen molar-refractivity contribution < 1.29 is 9.53 Å². The van der Waals surface area contributed by atoms with Crippen LogP contribution in [-0.4, -0.2) is 13.1 Å². The molecule has 1 unspecified atom stereocenters. The number of aryl methyl sites for hydroxylation is 1. The third-order valence-electron chi connectivity index (χ3n) is 6.61. The summed E-state index contributed by atoms with van der Waals surface area (Å²) in [6.07, 6.45) is 11.5. The predicted molar refractivity (Wildman–Crippen MR) is 124 cm³/mol. The quantitative estimate of drug-likeness (QED) is 0.308. The molecule has 0 N–H and O–H groups in total. The maximum atomic E-state index is 11.6. The number of esters is 1. The number of allylic oxidation sites excluding steroid dienone is 3. The van der Waals surface area contributed by atoms with Crippen molar-refractivity contribution in [3.05, 3.63) is 69.7 Å². The Morgan fingerprint density at radius 1 is 1.07 bits per heavy atom. The fourth-order valence-corrected chi connectivity index (χ4v) is 5.67. The highest BCUT2D eigenvalue weighted by atomic mass is 32.2. The zero-order valence-electron chi connectivity index (χ0n) is 18.9. The van der Waals surface area contributed by atoms with Gasteiger partial charge in [-0.3, -0.25) is 0 Å². The first kappa shape index (κ1) is 22.0. The van der Waals surface area contributed by atoms with E-state index in [2.05, 4.69) is 70.4 Å². The number of fused-ring (bicyclic) bond motifs is 1. The second kappa shape index (κ2) is 7.83. The van der Waals surface area contributed by atoms with Crippen LogP contribution in [0.2, 0.25) is 0 Å². The fourth-order valence-electron chi connectivity index (χ4n) is 4.55. The zero-order valence-corrected chi connectivity index (χ0v) is 19.7. The van der Waals surface area contributed by atoms with E-state index in [0.717, 1.165) is 12.0 Å². The summed E-state index contributed by atoms with van der Waals surface area (Å²) in [7, 11) is 1.41. The van der Waals surface area contributed by atoms with Gasteiger partial charge in [0.15, 0.2) is 0 Å². The van der Waals surface area contributed by atoms with Gasteiger partial charge in [-0.25, -0.2) is 4.79 Å². The van der Waals surface area contributed by atoms with Crippen LogP contribution in [0.3, 0.4) is 0 Å². The van der Waals surface area contributed by atoms with E-state index in [1.165, 1.54) is 42.2 Å². The highest BCUT2D eigenvalue weighted by Crippen LogP contribution is 2.52. The van der Waals surface area contributed by atoms with Crippen LogP contribution in [0.25, 0.3) is 0 Å². The van der Waals surface area contributed by atoms with E-state index >= 15 is 0 Å². The van der Waals surface area contributed by atoms with Crippen molar-refractivity contribution in [2.45, 2.75) is 76.4 Å². The highest BCUT2D eigenvalue weighted by molar-refractivity contribution is 8.03. The first-order valence-electron chi connectivity index (χ1n) is 10.5. The Bertz CT molecular complexity index is 892. The van der Waals surface area contributed by atoms with Gasteiger partial charge in [0.1, 0.15) is 0 Å². The third kappa shape index (κ3) is 4.26. The summed E-state index contributed by atoms with van der Waals surface area (Å²) in [5, 5.41) is 2.21. The molecule has 0 amide bonds. The SMILES string of the molecule is COC(=O)C=C(C)C=CC1(c2cc3c(cc2C)C(C)(C)CCC3(C)C)CC=CS1. The molecule has 1 aromatic carbocycles. The molecule has 0 fully saturated rings. The molecule has 0 spiro atoms. The Hall–Kier alpha value is -1.74. The minimum atomic E-state index is -0.313. The molecule has 3 heteroatoms. The summed E-state index contributed by atoms with van der Waals surface area (Å²) in [5.74, 6) is -0.313. The molecule has 2 nitrogen and oxygen atoms in total. The molecule has 1 aromatic rings. The second-order valence-corrected chi connectivity index (χ2v) is 11.0. The number of thioether (sulfide) groups is 1. The topological polar surface area (TPSA) is 26.3 Å². The van der Waals surface area contributed by atoms with Crippen LogP contribution in [0, 0.1) is 6.92 Å². The van der Waals surface area contributed by atoms with Gasteiger partial charge in [0.05, 0.1) is 11.9 Å². The lowest BCUT2D eigenvalue weighted by Gasteiger charge is -2.43. The van der Waals surface area contributed by atoms with Crippen LogP contribution >= 0.6 is 11.8 Å². The summed E-state index contributed by atoms with van der Waals surface area (Å²) < 4.78 is 4.64. The van der Waals surface area contributed by atoms with Crippen molar-refractivity contribution in [1.82, 2.24) is 0 Å². The van der Waals surface area contributed by atoms with Crippen LogP contribution in [0.1, 0.15) is 76.1 Å². The first-order valence-corrected chi connectivity index (χ1v) is 11.3. The van der Waals surface area contributed by atoms with Crippen molar-refractivity contribution in [3.63, 3.8) is 0 Å². The number of hydrogen-bond acceptors (Lipinski definition) is 3. The maximum absolute atomic E-state index is 11.6. The number of rotatable bonds is 4. The van der Waals surface area contributed by atoms with E-state index in [-0.39, 0.29) is 21.5 Å². The first-order chi connectivity index (χ1) is 13.5. The van der Waals surface area contributed by atoms with E-state index < -0.39 is 0 Å². The molecule has 1 aliphatic carbocycles. The highest BCUT2D eigenvalue weighted by Gasteiger charge is 2.40. The van der Waals surface area contributed by atoms with Gasteiger partial charge in [-0.1, -0.05) is 58.1 Å². The van der Waals surface area contributed by atoms with Gasteiger partial charge in [0.25, 0.3) is 0 Å². The Kier molecular flexibility index (Phi) is 5.93. The molecule has 0 bridgehead atoms. The molecule has 0 aromatic heterocycles. The van der Waals surface area contributed by atoms with E-state index in [0.29, 0.717) is 0 Å². The minimum absolute atomic E-state index is 0.123. The molecule has 0 radical (unpaired) electrons. The van der Waals surface area contributed by atoms with Crippen LogP contribution in [0.15, 0.2) is 47.4 Å². The van der Waals surface area contributed by atoms with Gasteiger partial charge in [-0.2, -0.15) is 0 Å². The average molecular weight is 411 g/mol. The lowest BCUT2D eigenvalue weighted by molar-refractivity contribution is -0.134. The van der Waals surface area contributed by atoms with E-state index in [1.807, 2.05) is 18.7 Å². The lowest BCUT2D eigenvalue weighted by atomic mass is 9.62. The number of carbonyl (C=O) groups excluding carboxylic acids is 1. The second-order valence-electron chi connectivity index (χ2n) is 9.81. The van der Waals surface area contributed by atoms with Crippen LogP contribution < -0.4 is 0 Å². The molecule has 2 aliphatic rings. The Morgan fingerprint density at radius 3 is 2.24 bits per heavy atom. The molecule has 1 heterocycles. The number of carbonyl (C=O) groups is 1. The summed E-state index contributed by atoms with van der Waals surface area (Å²) in [6, 6.07) is 4.92. The molecule has 1 aliphatic heterocycles. The fraction of sp³-hybridized carbons (Fsp3) is 0.500. The maximum Gasteiger partial charge on any atom is 0.330 e. The van der Waals surface area contributed by atoms with Crippen molar-refractivity contribution in [2.24, 2.45) is 0 Å². The molecule has 0 saturated carbocycles. The van der Waals surface area contributed by atoms with Crippen molar-refractivity contribution in [1.29, 1.82) is 0 Å². The summed E-state index contributed by atoms with van der Waals surface area (Å²) >= 11 is 1.86. The predicted octanol–water partition coefficient (Wildman–Crippen LogP) is 6.87. The number of hydrogen-bond donors (Lipinski definition) is 0. The Morgan fingerprint density at radius 2 is 1.69 bits per heavy atom. The van der Waals surface area contributed by atoms with Gasteiger partial charge in [-0.15, -0.1) is 11.8 Å². The smallest absolute Gasteiger partial charge is 0.330 e. The van der Waals surface area contributed by atoms with Crippen LogP contribution in [0.4, 0.5) is 0 Å². The number of benzene rings is 1. The monoisotopic (exact) mass is 410 g/mol. The van der Waals surface area contributed by atoms with Gasteiger partial charge >= 0.3 is 5.97 Å². The van der Waals surface area contributed by atoms with E-state index in [1.54, 1.807) is 6.08 Å². The van der Waals surface area contributed by atoms with Crippen LogP contribution in [-0.2, 0) is 25.1 Å². The van der Waals surface area contributed by atoms with Crippen molar-refractivity contribution >= 4 is 17.7 Å². The van der Waals surface area contributed by atoms with Gasteiger partial charge in [-0.05, 0) is 77.2 Å².